The van der Waals surface area contributed by atoms with Gasteiger partial charge in [0.05, 0.1) is 18.8 Å². The first kappa shape index (κ1) is 18.4. The number of ether oxygens (including phenoxy) is 2. The van der Waals surface area contributed by atoms with Gasteiger partial charge in [0.2, 0.25) is 6.29 Å². The number of aliphatic hydroxyl groups excluding tert-OH is 2. The Morgan fingerprint density at radius 3 is 2.73 bits per heavy atom. The lowest BCUT2D eigenvalue weighted by atomic mass is 10.0. The SMILES string of the molecule is C#Cc1ccc(Cc2ccccc2OC2CC(O)CC(CO)O2)c(F)c1. The van der Waals surface area contributed by atoms with Crippen molar-refractivity contribution >= 4 is 0 Å². The number of aliphatic hydroxyl groups is 2. The van der Waals surface area contributed by atoms with Gasteiger partial charge in [-0.3, -0.25) is 0 Å². The number of hydrogen-bond acceptors (Lipinski definition) is 4. The summed E-state index contributed by atoms with van der Waals surface area (Å²) < 4.78 is 25.8. The van der Waals surface area contributed by atoms with E-state index in [2.05, 4.69) is 5.92 Å². The molecule has 0 spiro atoms. The highest BCUT2D eigenvalue weighted by Gasteiger charge is 2.29. The Balaban J connectivity index is 1.77. The summed E-state index contributed by atoms with van der Waals surface area (Å²) >= 11 is 0. The predicted octanol–water partition coefficient (Wildman–Crippen LogP) is 2.63. The lowest BCUT2D eigenvalue weighted by molar-refractivity contribution is -0.184. The fourth-order valence-corrected chi connectivity index (χ4v) is 3.03. The third kappa shape index (κ3) is 4.41. The molecule has 3 rings (SSSR count). The van der Waals surface area contributed by atoms with Crippen molar-refractivity contribution in [1.82, 2.24) is 0 Å². The van der Waals surface area contributed by atoms with Crippen LogP contribution in [0.4, 0.5) is 4.39 Å². The van der Waals surface area contributed by atoms with E-state index >= 15 is 0 Å². The number of terminal acetylenes is 1. The Bertz CT molecular complexity index is 799. The number of benzene rings is 2. The molecule has 0 saturated carbocycles. The van der Waals surface area contributed by atoms with E-state index in [9.17, 15) is 14.6 Å². The smallest absolute Gasteiger partial charge is 0.202 e. The van der Waals surface area contributed by atoms with E-state index in [1.807, 2.05) is 18.2 Å². The van der Waals surface area contributed by atoms with Gasteiger partial charge < -0.3 is 19.7 Å². The maximum Gasteiger partial charge on any atom is 0.202 e. The molecule has 3 atom stereocenters. The van der Waals surface area contributed by atoms with E-state index in [1.165, 1.54) is 6.07 Å². The maximum atomic E-state index is 14.2. The molecule has 1 aliphatic rings. The molecular formula is C21H21FO4. The molecule has 136 valence electrons. The Kier molecular flexibility index (Phi) is 5.89. The third-order valence-electron chi connectivity index (χ3n) is 4.38. The van der Waals surface area contributed by atoms with Crippen molar-refractivity contribution in [2.75, 3.05) is 6.61 Å². The van der Waals surface area contributed by atoms with Crippen LogP contribution in [0.25, 0.3) is 0 Å². The molecule has 5 heteroatoms. The lowest BCUT2D eigenvalue weighted by Gasteiger charge is -2.32. The van der Waals surface area contributed by atoms with Crippen molar-refractivity contribution in [1.29, 1.82) is 0 Å². The number of halogens is 1. The summed E-state index contributed by atoms with van der Waals surface area (Å²) in [6.07, 6.45) is 4.62. The zero-order valence-corrected chi connectivity index (χ0v) is 14.3. The molecule has 2 aromatic carbocycles. The second kappa shape index (κ2) is 8.33. The quantitative estimate of drug-likeness (QED) is 0.809. The van der Waals surface area contributed by atoms with Crippen LogP contribution in [0.3, 0.4) is 0 Å². The summed E-state index contributed by atoms with van der Waals surface area (Å²) in [6.45, 7) is -0.175. The highest BCUT2D eigenvalue weighted by atomic mass is 19.1. The molecule has 0 aromatic heterocycles. The molecule has 1 saturated heterocycles. The fourth-order valence-electron chi connectivity index (χ4n) is 3.03. The average Bonchev–Trinajstić information content (AvgIpc) is 2.64. The van der Waals surface area contributed by atoms with Gasteiger partial charge >= 0.3 is 0 Å². The molecule has 0 amide bonds. The standard InChI is InChI=1S/C21H21FO4/c1-2-14-7-8-15(19(22)9-14)10-16-5-3-4-6-20(16)26-21-12-17(24)11-18(13-23)25-21/h1,3-9,17-18,21,23-24H,10-13H2. The zero-order chi connectivity index (χ0) is 18.5. The molecule has 1 fully saturated rings. The lowest BCUT2D eigenvalue weighted by Crippen LogP contribution is -2.40. The van der Waals surface area contributed by atoms with Gasteiger partial charge in [0, 0.05) is 24.8 Å². The van der Waals surface area contributed by atoms with Gasteiger partial charge in [0.15, 0.2) is 0 Å². The Hall–Kier alpha value is -2.39. The summed E-state index contributed by atoms with van der Waals surface area (Å²) in [5.41, 5.74) is 1.80. The first-order valence-electron chi connectivity index (χ1n) is 8.53. The molecule has 2 N–H and O–H groups in total. The summed E-state index contributed by atoms with van der Waals surface area (Å²) in [5.74, 6) is 2.61. The van der Waals surface area contributed by atoms with Crippen LogP contribution in [-0.2, 0) is 11.2 Å². The van der Waals surface area contributed by atoms with Crippen molar-refractivity contribution in [2.45, 2.75) is 37.8 Å². The highest BCUT2D eigenvalue weighted by molar-refractivity contribution is 5.41. The van der Waals surface area contributed by atoms with Gasteiger partial charge in [-0.1, -0.05) is 30.2 Å². The van der Waals surface area contributed by atoms with Crippen LogP contribution >= 0.6 is 0 Å². The molecule has 0 aliphatic carbocycles. The van der Waals surface area contributed by atoms with Crippen LogP contribution in [0.1, 0.15) is 29.5 Å². The molecule has 4 nitrogen and oxygen atoms in total. The second-order valence-electron chi connectivity index (χ2n) is 6.35. The normalized spacial score (nSPS) is 22.6. The summed E-state index contributed by atoms with van der Waals surface area (Å²) in [5, 5.41) is 19.2. The van der Waals surface area contributed by atoms with Gasteiger partial charge in [0.25, 0.3) is 0 Å². The van der Waals surface area contributed by atoms with E-state index in [-0.39, 0.29) is 12.4 Å². The topological polar surface area (TPSA) is 58.9 Å². The van der Waals surface area contributed by atoms with E-state index in [1.54, 1.807) is 18.2 Å². The van der Waals surface area contributed by atoms with Gasteiger partial charge in [-0.05, 0) is 29.3 Å². The Labute approximate surface area is 152 Å². The van der Waals surface area contributed by atoms with Crippen LogP contribution in [-0.4, -0.2) is 35.3 Å². The summed E-state index contributed by atoms with van der Waals surface area (Å²) in [7, 11) is 0. The Morgan fingerprint density at radius 2 is 2.00 bits per heavy atom. The van der Waals surface area contributed by atoms with Crippen LogP contribution in [0, 0.1) is 18.2 Å². The minimum absolute atomic E-state index is 0.175. The molecule has 3 unspecified atom stereocenters. The van der Waals surface area contributed by atoms with E-state index in [4.69, 9.17) is 15.9 Å². The predicted molar refractivity (Wildman–Crippen MR) is 95.2 cm³/mol. The van der Waals surface area contributed by atoms with Crippen LogP contribution in [0.2, 0.25) is 0 Å². The molecule has 0 radical (unpaired) electrons. The van der Waals surface area contributed by atoms with Crippen LogP contribution in [0.15, 0.2) is 42.5 Å². The molecule has 1 heterocycles. The highest BCUT2D eigenvalue weighted by Crippen LogP contribution is 2.27. The van der Waals surface area contributed by atoms with E-state index in [0.29, 0.717) is 36.1 Å². The zero-order valence-electron chi connectivity index (χ0n) is 14.3. The molecule has 0 bridgehead atoms. The molecule has 26 heavy (non-hydrogen) atoms. The third-order valence-corrected chi connectivity index (χ3v) is 4.38. The monoisotopic (exact) mass is 356 g/mol. The molecular weight excluding hydrogens is 335 g/mol. The van der Waals surface area contributed by atoms with E-state index < -0.39 is 18.5 Å². The number of para-hydroxylation sites is 1. The van der Waals surface area contributed by atoms with Gasteiger partial charge in [0.1, 0.15) is 11.6 Å². The Morgan fingerprint density at radius 1 is 1.19 bits per heavy atom. The first-order chi connectivity index (χ1) is 12.6. The van der Waals surface area contributed by atoms with E-state index in [0.717, 1.165) is 5.56 Å². The number of hydrogen-bond donors (Lipinski definition) is 2. The van der Waals surface area contributed by atoms with Gasteiger partial charge in [-0.15, -0.1) is 6.42 Å². The first-order valence-corrected chi connectivity index (χ1v) is 8.53. The van der Waals surface area contributed by atoms with Gasteiger partial charge in [-0.25, -0.2) is 4.39 Å². The number of rotatable bonds is 5. The van der Waals surface area contributed by atoms with Crippen molar-refractivity contribution in [3.8, 4) is 18.1 Å². The second-order valence-corrected chi connectivity index (χ2v) is 6.35. The van der Waals surface area contributed by atoms with Crippen LogP contribution < -0.4 is 4.74 Å². The average molecular weight is 356 g/mol. The molecule has 2 aromatic rings. The van der Waals surface area contributed by atoms with Crippen molar-refractivity contribution < 1.29 is 24.1 Å². The van der Waals surface area contributed by atoms with Crippen molar-refractivity contribution in [3.63, 3.8) is 0 Å². The van der Waals surface area contributed by atoms with Crippen molar-refractivity contribution in [3.05, 3.63) is 65.0 Å². The fraction of sp³-hybridized carbons (Fsp3) is 0.333. The van der Waals surface area contributed by atoms with Crippen molar-refractivity contribution in [2.24, 2.45) is 0 Å². The summed E-state index contributed by atoms with van der Waals surface area (Å²) in [4.78, 5) is 0. The minimum Gasteiger partial charge on any atom is -0.465 e. The maximum absolute atomic E-state index is 14.2. The largest absolute Gasteiger partial charge is 0.465 e. The molecule has 1 aliphatic heterocycles. The van der Waals surface area contributed by atoms with Gasteiger partial charge in [-0.2, -0.15) is 0 Å². The van der Waals surface area contributed by atoms with Crippen LogP contribution in [0.5, 0.6) is 5.75 Å². The minimum atomic E-state index is -0.661. The summed E-state index contributed by atoms with van der Waals surface area (Å²) in [6, 6.07) is 12.0.